The number of fused-ring (bicyclic) bond motifs is 7. The molecule has 0 saturated heterocycles. The Kier molecular flexibility index (Phi) is 5.51. The molecular weight excluding hydrogens is 577 g/mol. The van der Waals surface area contributed by atoms with Crippen molar-refractivity contribution in [3.8, 4) is 0 Å². The molecule has 0 aliphatic carbocycles. The number of hydrogen-bond donors (Lipinski definition) is 0. The number of aryl methyl sites for hydroxylation is 2. The van der Waals surface area contributed by atoms with Gasteiger partial charge in [0, 0.05) is 58.5 Å². The highest BCUT2D eigenvalue weighted by molar-refractivity contribution is 7.36. The first-order valence-electron chi connectivity index (χ1n) is 12.3. The van der Waals surface area contributed by atoms with Gasteiger partial charge in [-0.3, -0.25) is 0 Å². The monoisotopic (exact) mass is 596 g/mol. The lowest BCUT2D eigenvalue weighted by atomic mass is 10.1. The van der Waals surface area contributed by atoms with Gasteiger partial charge < -0.3 is 0 Å². The molecule has 2 aromatic carbocycles. The lowest BCUT2D eigenvalue weighted by Crippen LogP contribution is -1.71. The van der Waals surface area contributed by atoms with E-state index in [4.69, 9.17) is 0 Å². The van der Waals surface area contributed by atoms with E-state index in [1.165, 1.54) is 79.0 Å². The van der Waals surface area contributed by atoms with Gasteiger partial charge in [-0.05, 0) is 73.5 Å². The molecule has 0 bridgehead atoms. The van der Waals surface area contributed by atoms with E-state index in [0.29, 0.717) is 0 Å². The van der Waals surface area contributed by atoms with Crippen LogP contribution in [0.2, 0.25) is 0 Å². The van der Waals surface area contributed by atoms with E-state index in [0.717, 1.165) is 0 Å². The van der Waals surface area contributed by atoms with Gasteiger partial charge in [-0.15, -0.1) is 68.0 Å². The molecule has 0 nitrogen and oxygen atoms in total. The molecule has 38 heavy (non-hydrogen) atoms. The molecule has 8 rings (SSSR count). The minimum Gasteiger partial charge on any atom is -0.140 e. The normalized spacial score (nSPS) is 12.8. The Morgan fingerprint density at radius 3 is 1.32 bits per heavy atom. The summed E-state index contributed by atoms with van der Waals surface area (Å²) >= 11 is 11.4. The van der Waals surface area contributed by atoms with Crippen LogP contribution in [0.15, 0.2) is 60.7 Å². The first-order valence-corrected chi connectivity index (χ1v) is 17.2. The Hall–Kier alpha value is -2.58. The van der Waals surface area contributed by atoms with Crippen molar-refractivity contribution in [2.24, 2.45) is 0 Å². The Labute approximate surface area is 244 Å². The maximum atomic E-state index is 2.35. The Balaban J connectivity index is 1.09. The number of benzene rings is 2. The van der Waals surface area contributed by atoms with E-state index < -0.39 is 0 Å². The third-order valence-electron chi connectivity index (χ3n) is 6.71. The van der Waals surface area contributed by atoms with Gasteiger partial charge in [-0.25, -0.2) is 0 Å². The van der Waals surface area contributed by atoms with Crippen molar-refractivity contribution in [1.82, 2.24) is 0 Å². The number of thiophene rings is 6. The smallest absolute Gasteiger partial charge is 0.0542 e. The predicted molar refractivity (Wildman–Crippen MR) is 181 cm³/mol. The molecule has 0 atom stereocenters. The second-order valence-corrected chi connectivity index (χ2v) is 16.4. The summed E-state index contributed by atoms with van der Waals surface area (Å²) in [5.74, 6) is 0. The summed E-state index contributed by atoms with van der Waals surface area (Å²) in [6.45, 7) is 4.36. The highest BCUT2D eigenvalue weighted by Gasteiger charge is 2.13. The van der Waals surface area contributed by atoms with Crippen LogP contribution in [0.25, 0.3) is 72.7 Å². The van der Waals surface area contributed by atoms with Crippen LogP contribution in [-0.2, 0) is 0 Å². The fraction of sp³-hybridized carbons (Fsp3) is 0.0625. The highest BCUT2D eigenvalue weighted by Crippen LogP contribution is 2.45. The zero-order chi connectivity index (χ0) is 25.4. The van der Waals surface area contributed by atoms with Crippen LogP contribution in [-0.4, -0.2) is 0 Å². The number of rotatable bonds is 4. The van der Waals surface area contributed by atoms with E-state index in [-0.39, 0.29) is 0 Å². The molecule has 8 aromatic rings. The van der Waals surface area contributed by atoms with Crippen molar-refractivity contribution in [3.05, 3.63) is 91.3 Å². The van der Waals surface area contributed by atoms with E-state index in [1.807, 2.05) is 68.0 Å². The minimum absolute atomic E-state index is 1.26. The third kappa shape index (κ3) is 4.02. The van der Waals surface area contributed by atoms with Crippen LogP contribution in [0.3, 0.4) is 0 Å². The van der Waals surface area contributed by atoms with Crippen LogP contribution in [0.1, 0.15) is 30.6 Å². The van der Waals surface area contributed by atoms with Gasteiger partial charge in [-0.2, -0.15) is 0 Å². The molecule has 0 radical (unpaired) electrons. The highest BCUT2D eigenvalue weighted by atomic mass is 32.1. The quantitative estimate of drug-likeness (QED) is 0.190. The molecule has 0 N–H and O–H groups in total. The molecule has 6 heterocycles. The average molecular weight is 597 g/mol. The summed E-state index contributed by atoms with van der Waals surface area (Å²) in [6.07, 6.45) is 9.03. The first kappa shape index (κ1) is 23.3. The third-order valence-corrected chi connectivity index (χ3v) is 13.6. The maximum Gasteiger partial charge on any atom is 0.0542 e. The van der Waals surface area contributed by atoms with E-state index in [9.17, 15) is 0 Å². The van der Waals surface area contributed by atoms with Gasteiger partial charge in [-0.1, -0.05) is 36.4 Å². The maximum absolute atomic E-state index is 2.35. The molecule has 0 aliphatic heterocycles. The summed E-state index contributed by atoms with van der Waals surface area (Å²) in [5.41, 5.74) is 2.53. The Bertz CT molecular complexity index is 1990. The van der Waals surface area contributed by atoms with Crippen molar-refractivity contribution >= 4 is 141 Å². The van der Waals surface area contributed by atoms with Gasteiger partial charge in [0.05, 0.1) is 9.40 Å². The van der Waals surface area contributed by atoms with Gasteiger partial charge in [0.2, 0.25) is 0 Å². The van der Waals surface area contributed by atoms with Crippen molar-refractivity contribution < 1.29 is 0 Å². The molecule has 0 fully saturated rings. The molecule has 184 valence electrons. The number of hydrogen-bond acceptors (Lipinski definition) is 6. The first-order chi connectivity index (χ1) is 18.6. The van der Waals surface area contributed by atoms with Gasteiger partial charge in [0.25, 0.3) is 0 Å². The van der Waals surface area contributed by atoms with Gasteiger partial charge in [0.15, 0.2) is 0 Å². The standard InChI is InChI=1S/C32H20S6/c1-17-11-27-29(33-17)15-21(35-27)7-3-19-5-9-23-25(13-19)37-32-24-10-6-20(14-26(24)38-31(23)32)4-8-22-16-30-28(36-22)12-18(2)34-30/h3-16H,1-2H3/b7-3+,8-4+. The second kappa shape index (κ2) is 8.98. The predicted octanol–water partition coefficient (Wildman–Crippen LogP) is 12.8. The second-order valence-electron chi connectivity index (χ2n) is 9.51. The molecule has 0 aliphatic rings. The van der Waals surface area contributed by atoms with Gasteiger partial charge in [0.1, 0.15) is 0 Å². The minimum atomic E-state index is 1.26. The van der Waals surface area contributed by atoms with Crippen molar-refractivity contribution in [2.75, 3.05) is 0 Å². The molecule has 0 spiro atoms. The molecule has 6 heteroatoms. The van der Waals surface area contributed by atoms with Crippen LogP contribution < -0.4 is 0 Å². The summed E-state index contributed by atoms with van der Waals surface area (Å²) in [7, 11) is 0. The van der Waals surface area contributed by atoms with E-state index in [2.05, 4.69) is 98.8 Å². The molecular formula is C32H20S6. The molecule has 0 saturated carbocycles. The summed E-state index contributed by atoms with van der Waals surface area (Å²) < 4.78 is 11.2. The molecule has 6 aromatic heterocycles. The van der Waals surface area contributed by atoms with Crippen LogP contribution in [0.5, 0.6) is 0 Å². The summed E-state index contributed by atoms with van der Waals surface area (Å²) in [4.78, 5) is 5.42. The lowest BCUT2D eigenvalue weighted by molar-refractivity contribution is 1.66. The van der Waals surface area contributed by atoms with E-state index in [1.54, 1.807) is 0 Å². The van der Waals surface area contributed by atoms with Crippen molar-refractivity contribution in [2.45, 2.75) is 13.8 Å². The fourth-order valence-corrected chi connectivity index (χ4v) is 12.2. The molecule has 0 unspecified atom stereocenters. The Morgan fingerprint density at radius 1 is 0.421 bits per heavy atom. The average Bonchev–Trinajstić information content (AvgIpc) is 3.70. The lowest BCUT2D eigenvalue weighted by Gasteiger charge is -1.96. The fourth-order valence-electron chi connectivity index (χ4n) is 4.97. The summed E-state index contributed by atoms with van der Waals surface area (Å²) in [6, 6.07) is 23.0. The van der Waals surface area contributed by atoms with E-state index >= 15 is 0 Å². The molecule has 0 amide bonds. The van der Waals surface area contributed by atoms with Crippen molar-refractivity contribution in [1.29, 1.82) is 0 Å². The summed E-state index contributed by atoms with van der Waals surface area (Å²) in [5, 5.41) is 2.75. The Morgan fingerprint density at radius 2 is 0.868 bits per heavy atom. The van der Waals surface area contributed by atoms with Crippen LogP contribution in [0.4, 0.5) is 0 Å². The SMILES string of the molecule is Cc1cc2sc(/C=C/c3ccc4c(c3)sc3c5ccc(/C=C/c6cc7sc(C)cc7s6)cc5sc43)cc2s1. The zero-order valence-electron chi connectivity index (χ0n) is 20.5. The largest absolute Gasteiger partial charge is 0.140 e. The zero-order valence-corrected chi connectivity index (χ0v) is 25.4. The van der Waals surface area contributed by atoms with Gasteiger partial charge >= 0.3 is 0 Å². The van der Waals surface area contributed by atoms with Crippen LogP contribution in [0, 0.1) is 13.8 Å². The van der Waals surface area contributed by atoms with Crippen molar-refractivity contribution in [3.63, 3.8) is 0 Å². The van der Waals surface area contributed by atoms with Crippen LogP contribution >= 0.6 is 68.0 Å². The topological polar surface area (TPSA) is 0 Å².